The molecule has 4 nitrogen and oxygen atoms in total. The van der Waals surface area contributed by atoms with Gasteiger partial charge < -0.3 is 14.9 Å². The van der Waals surface area contributed by atoms with Crippen LogP contribution in [-0.2, 0) is 6.42 Å². The molecule has 2 aromatic carbocycles. The minimum atomic E-state index is -1.05. The number of hydrogen-bond acceptors (Lipinski definition) is 3. The minimum absolute atomic E-state index is 0.109. The smallest absolute Gasteiger partial charge is 0.336 e. The number of rotatable bonds is 3. The summed E-state index contributed by atoms with van der Waals surface area (Å²) in [4.78, 5) is 11.2. The fourth-order valence-electron chi connectivity index (χ4n) is 2.77. The predicted octanol–water partition coefficient (Wildman–Crippen LogP) is 2.81. The number of carbonyl (C=O) groups is 1. The van der Waals surface area contributed by atoms with E-state index in [2.05, 4.69) is 0 Å². The SMILES string of the molecule is O=C(O)c1cccc2c1C(O)CC(Cc1ccccc1)O2. The summed E-state index contributed by atoms with van der Waals surface area (Å²) in [7, 11) is 0. The van der Waals surface area contributed by atoms with Crippen molar-refractivity contribution in [2.75, 3.05) is 0 Å². The van der Waals surface area contributed by atoms with E-state index in [0.29, 0.717) is 24.2 Å². The topological polar surface area (TPSA) is 66.8 Å². The number of hydrogen-bond donors (Lipinski definition) is 2. The van der Waals surface area contributed by atoms with Crippen molar-refractivity contribution in [3.8, 4) is 5.75 Å². The fraction of sp³-hybridized carbons (Fsp3) is 0.235. The van der Waals surface area contributed by atoms with Crippen LogP contribution in [0.3, 0.4) is 0 Å². The molecule has 0 bridgehead atoms. The second kappa shape index (κ2) is 5.58. The van der Waals surface area contributed by atoms with Gasteiger partial charge in [-0.1, -0.05) is 36.4 Å². The van der Waals surface area contributed by atoms with Gasteiger partial charge in [-0.25, -0.2) is 4.79 Å². The molecule has 2 unspecified atom stereocenters. The summed E-state index contributed by atoms with van der Waals surface area (Å²) in [6.07, 6.45) is 0.120. The van der Waals surface area contributed by atoms with Crippen molar-refractivity contribution in [2.45, 2.75) is 25.0 Å². The van der Waals surface area contributed by atoms with Crippen molar-refractivity contribution >= 4 is 5.97 Å². The van der Waals surface area contributed by atoms with Gasteiger partial charge in [0, 0.05) is 18.4 Å². The zero-order chi connectivity index (χ0) is 14.8. The first-order valence-corrected chi connectivity index (χ1v) is 6.90. The van der Waals surface area contributed by atoms with E-state index in [4.69, 9.17) is 4.74 Å². The summed E-state index contributed by atoms with van der Waals surface area (Å²) in [5.41, 5.74) is 1.63. The van der Waals surface area contributed by atoms with E-state index in [1.165, 1.54) is 6.07 Å². The molecule has 0 radical (unpaired) electrons. The molecule has 0 aliphatic carbocycles. The molecule has 21 heavy (non-hydrogen) atoms. The van der Waals surface area contributed by atoms with Gasteiger partial charge in [-0.3, -0.25) is 0 Å². The van der Waals surface area contributed by atoms with Gasteiger partial charge in [0.25, 0.3) is 0 Å². The second-order valence-corrected chi connectivity index (χ2v) is 5.20. The molecular formula is C17H16O4. The van der Waals surface area contributed by atoms with Crippen LogP contribution >= 0.6 is 0 Å². The summed E-state index contributed by atoms with van der Waals surface area (Å²) in [6.45, 7) is 0. The van der Waals surface area contributed by atoms with Gasteiger partial charge in [0.15, 0.2) is 0 Å². The Hall–Kier alpha value is -2.33. The van der Waals surface area contributed by atoms with Gasteiger partial charge in [0.05, 0.1) is 11.7 Å². The summed E-state index contributed by atoms with van der Waals surface area (Å²) >= 11 is 0. The maximum Gasteiger partial charge on any atom is 0.336 e. The minimum Gasteiger partial charge on any atom is -0.490 e. The number of ether oxygens (including phenoxy) is 1. The normalized spacial score (nSPS) is 20.4. The van der Waals surface area contributed by atoms with Crippen molar-refractivity contribution in [3.63, 3.8) is 0 Å². The van der Waals surface area contributed by atoms with Crippen LogP contribution in [0.1, 0.15) is 34.0 Å². The van der Waals surface area contributed by atoms with Gasteiger partial charge in [0.2, 0.25) is 0 Å². The summed E-state index contributed by atoms with van der Waals surface area (Å²) in [5, 5.41) is 19.5. The van der Waals surface area contributed by atoms with Gasteiger partial charge in [-0.2, -0.15) is 0 Å². The molecule has 1 aliphatic heterocycles. The molecule has 0 amide bonds. The van der Waals surface area contributed by atoms with E-state index in [-0.39, 0.29) is 11.7 Å². The number of aliphatic hydroxyl groups is 1. The Labute approximate surface area is 122 Å². The van der Waals surface area contributed by atoms with E-state index >= 15 is 0 Å². The lowest BCUT2D eigenvalue weighted by atomic mass is 9.92. The monoisotopic (exact) mass is 284 g/mol. The van der Waals surface area contributed by atoms with Crippen LogP contribution in [-0.4, -0.2) is 22.3 Å². The van der Waals surface area contributed by atoms with E-state index in [9.17, 15) is 15.0 Å². The predicted molar refractivity (Wildman–Crippen MR) is 77.5 cm³/mol. The zero-order valence-corrected chi connectivity index (χ0v) is 11.4. The summed E-state index contributed by atoms with van der Waals surface area (Å²) in [5.74, 6) is -0.578. The van der Waals surface area contributed by atoms with Gasteiger partial charge in [-0.05, 0) is 17.7 Å². The number of fused-ring (bicyclic) bond motifs is 1. The lowest BCUT2D eigenvalue weighted by Crippen LogP contribution is -2.29. The van der Waals surface area contributed by atoms with Crippen molar-refractivity contribution in [1.82, 2.24) is 0 Å². The molecule has 2 aromatic rings. The van der Waals surface area contributed by atoms with Gasteiger partial charge in [-0.15, -0.1) is 0 Å². The number of aliphatic hydroxyl groups excluding tert-OH is 1. The quantitative estimate of drug-likeness (QED) is 0.909. The van der Waals surface area contributed by atoms with Crippen molar-refractivity contribution in [3.05, 3.63) is 65.2 Å². The number of carboxylic acids is 1. The van der Waals surface area contributed by atoms with E-state index < -0.39 is 12.1 Å². The number of benzene rings is 2. The van der Waals surface area contributed by atoms with Crippen LogP contribution in [0.4, 0.5) is 0 Å². The first-order valence-electron chi connectivity index (χ1n) is 6.90. The highest BCUT2D eigenvalue weighted by Gasteiger charge is 2.30. The molecule has 3 rings (SSSR count). The molecule has 1 aliphatic rings. The Balaban J connectivity index is 1.86. The van der Waals surface area contributed by atoms with Crippen LogP contribution in [0.5, 0.6) is 5.75 Å². The molecule has 108 valence electrons. The third kappa shape index (κ3) is 2.76. The van der Waals surface area contributed by atoms with Crippen molar-refractivity contribution in [1.29, 1.82) is 0 Å². The molecule has 1 heterocycles. The molecular weight excluding hydrogens is 268 g/mol. The second-order valence-electron chi connectivity index (χ2n) is 5.20. The first-order chi connectivity index (χ1) is 10.1. The maximum absolute atomic E-state index is 11.2. The molecule has 0 spiro atoms. The van der Waals surface area contributed by atoms with Crippen LogP contribution in [0.15, 0.2) is 48.5 Å². The molecule has 0 saturated heterocycles. The van der Waals surface area contributed by atoms with Crippen molar-refractivity contribution in [2.24, 2.45) is 0 Å². The van der Waals surface area contributed by atoms with Crippen LogP contribution in [0.25, 0.3) is 0 Å². The molecule has 2 atom stereocenters. The highest BCUT2D eigenvalue weighted by Crippen LogP contribution is 2.37. The van der Waals surface area contributed by atoms with E-state index in [1.54, 1.807) is 12.1 Å². The van der Waals surface area contributed by atoms with Crippen LogP contribution in [0.2, 0.25) is 0 Å². The lowest BCUT2D eigenvalue weighted by Gasteiger charge is -2.30. The standard InChI is InChI=1S/C17H16O4/c18-14-10-12(9-11-5-2-1-3-6-11)21-15-8-4-7-13(16(14)15)17(19)20/h1-8,12,14,18H,9-10H2,(H,19,20). The third-order valence-corrected chi connectivity index (χ3v) is 3.72. The van der Waals surface area contributed by atoms with Crippen LogP contribution in [0, 0.1) is 0 Å². The maximum atomic E-state index is 11.2. The number of carboxylic acid groups (broad SMARTS) is 1. The lowest BCUT2D eigenvalue weighted by molar-refractivity contribution is 0.0583. The molecule has 4 heteroatoms. The largest absolute Gasteiger partial charge is 0.490 e. The average molecular weight is 284 g/mol. The van der Waals surface area contributed by atoms with Gasteiger partial charge >= 0.3 is 5.97 Å². The fourth-order valence-corrected chi connectivity index (χ4v) is 2.77. The van der Waals surface area contributed by atoms with Gasteiger partial charge in [0.1, 0.15) is 11.9 Å². The molecule has 0 aromatic heterocycles. The highest BCUT2D eigenvalue weighted by molar-refractivity contribution is 5.90. The highest BCUT2D eigenvalue weighted by atomic mass is 16.5. The Morgan fingerprint density at radius 1 is 1.14 bits per heavy atom. The molecule has 2 N–H and O–H groups in total. The van der Waals surface area contributed by atoms with E-state index in [1.807, 2.05) is 30.3 Å². The zero-order valence-electron chi connectivity index (χ0n) is 11.4. The summed E-state index contributed by atoms with van der Waals surface area (Å²) < 4.78 is 5.87. The molecule has 0 saturated carbocycles. The average Bonchev–Trinajstić information content (AvgIpc) is 2.47. The Bertz CT molecular complexity index is 651. The van der Waals surface area contributed by atoms with Crippen LogP contribution < -0.4 is 4.74 Å². The molecule has 0 fully saturated rings. The Kier molecular flexibility index (Phi) is 3.62. The van der Waals surface area contributed by atoms with E-state index in [0.717, 1.165) is 5.56 Å². The Morgan fingerprint density at radius 3 is 2.62 bits per heavy atom. The number of aromatic carboxylic acids is 1. The first kappa shape index (κ1) is 13.6. The Morgan fingerprint density at radius 2 is 1.90 bits per heavy atom. The third-order valence-electron chi connectivity index (χ3n) is 3.72. The van der Waals surface area contributed by atoms with Crippen molar-refractivity contribution < 1.29 is 19.7 Å². The summed E-state index contributed by atoms with van der Waals surface area (Å²) in [6, 6.07) is 14.7.